The predicted molar refractivity (Wildman–Crippen MR) is 76.8 cm³/mol. The molecule has 0 spiro atoms. The SMILES string of the molecule is COC1(C(=O)NCc2cccc(OC(F)F)c2)CCNCC1. The van der Waals surface area contributed by atoms with Crippen molar-refractivity contribution in [1.29, 1.82) is 0 Å². The fraction of sp³-hybridized carbons (Fsp3) is 0.533. The number of amides is 1. The third-order valence-electron chi connectivity index (χ3n) is 3.79. The second-order valence-corrected chi connectivity index (χ2v) is 5.16. The van der Waals surface area contributed by atoms with Gasteiger partial charge in [0.05, 0.1) is 0 Å². The highest BCUT2D eigenvalue weighted by Gasteiger charge is 2.39. The van der Waals surface area contributed by atoms with Gasteiger partial charge in [-0.2, -0.15) is 8.78 Å². The maximum Gasteiger partial charge on any atom is 0.387 e. The number of hydrogen-bond acceptors (Lipinski definition) is 4. The van der Waals surface area contributed by atoms with Crippen molar-refractivity contribution in [3.8, 4) is 5.75 Å². The van der Waals surface area contributed by atoms with Crippen molar-refractivity contribution in [3.05, 3.63) is 29.8 Å². The molecule has 1 aliphatic rings. The average Bonchev–Trinajstić information content (AvgIpc) is 2.53. The molecule has 122 valence electrons. The predicted octanol–water partition coefficient (Wildman–Crippen LogP) is 1.67. The van der Waals surface area contributed by atoms with Crippen LogP contribution in [-0.4, -0.2) is 38.3 Å². The Labute approximate surface area is 128 Å². The van der Waals surface area contributed by atoms with Crippen LogP contribution in [0, 0.1) is 0 Å². The van der Waals surface area contributed by atoms with Gasteiger partial charge >= 0.3 is 6.61 Å². The van der Waals surface area contributed by atoms with Gasteiger partial charge in [-0.05, 0) is 43.6 Å². The van der Waals surface area contributed by atoms with Crippen LogP contribution in [0.2, 0.25) is 0 Å². The van der Waals surface area contributed by atoms with Crippen LogP contribution in [0.4, 0.5) is 8.78 Å². The summed E-state index contributed by atoms with van der Waals surface area (Å²) in [5.74, 6) is -0.109. The Balaban J connectivity index is 1.95. The summed E-state index contributed by atoms with van der Waals surface area (Å²) in [6.45, 7) is -1.19. The maximum absolute atomic E-state index is 12.4. The standard InChI is InChI=1S/C15H20F2N2O3/c1-21-15(5-7-18-8-6-15)13(20)19-10-11-3-2-4-12(9-11)22-14(16)17/h2-4,9,14,18H,5-8,10H2,1H3,(H,19,20). The minimum atomic E-state index is -2.86. The lowest BCUT2D eigenvalue weighted by Crippen LogP contribution is -2.53. The highest BCUT2D eigenvalue weighted by atomic mass is 19.3. The van der Waals surface area contributed by atoms with Gasteiger partial charge in [-0.15, -0.1) is 0 Å². The molecule has 0 saturated carbocycles. The van der Waals surface area contributed by atoms with Crippen LogP contribution >= 0.6 is 0 Å². The molecule has 22 heavy (non-hydrogen) atoms. The van der Waals surface area contributed by atoms with E-state index in [0.29, 0.717) is 18.4 Å². The Morgan fingerprint density at radius 1 is 1.41 bits per heavy atom. The molecule has 0 aromatic heterocycles. The molecule has 1 amide bonds. The Bertz CT molecular complexity index is 505. The normalized spacial score (nSPS) is 17.3. The molecular formula is C15H20F2N2O3. The van der Waals surface area contributed by atoms with Crippen molar-refractivity contribution in [2.24, 2.45) is 0 Å². The molecule has 2 N–H and O–H groups in total. The molecule has 0 atom stereocenters. The van der Waals surface area contributed by atoms with Gasteiger partial charge in [0.15, 0.2) is 0 Å². The number of ether oxygens (including phenoxy) is 2. The third-order valence-corrected chi connectivity index (χ3v) is 3.79. The molecule has 1 aliphatic heterocycles. The highest BCUT2D eigenvalue weighted by Crippen LogP contribution is 2.23. The van der Waals surface area contributed by atoms with E-state index in [1.807, 2.05) is 0 Å². The van der Waals surface area contributed by atoms with Crippen LogP contribution in [0.5, 0.6) is 5.75 Å². The second kappa shape index (κ2) is 7.51. The van der Waals surface area contributed by atoms with Crippen LogP contribution in [0.15, 0.2) is 24.3 Å². The molecule has 0 aliphatic carbocycles. The van der Waals surface area contributed by atoms with Crippen molar-refractivity contribution in [2.45, 2.75) is 31.6 Å². The van der Waals surface area contributed by atoms with Gasteiger partial charge in [0.2, 0.25) is 0 Å². The lowest BCUT2D eigenvalue weighted by atomic mass is 9.91. The number of rotatable bonds is 6. The van der Waals surface area contributed by atoms with Crippen LogP contribution in [-0.2, 0) is 16.1 Å². The molecule has 7 heteroatoms. The summed E-state index contributed by atoms with van der Waals surface area (Å²) in [4.78, 5) is 12.4. The zero-order valence-corrected chi connectivity index (χ0v) is 12.4. The number of benzene rings is 1. The number of methoxy groups -OCH3 is 1. The summed E-state index contributed by atoms with van der Waals surface area (Å²) < 4.78 is 34.2. The summed E-state index contributed by atoms with van der Waals surface area (Å²) >= 11 is 0. The number of alkyl halides is 2. The van der Waals surface area contributed by atoms with Gasteiger partial charge in [-0.1, -0.05) is 12.1 Å². The Morgan fingerprint density at radius 2 is 2.14 bits per heavy atom. The zero-order chi connectivity index (χ0) is 16.0. The quantitative estimate of drug-likeness (QED) is 0.839. The number of hydrogen-bond donors (Lipinski definition) is 2. The molecule has 2 rings (SSSR count). The smallest absolute Gasteiger partial charge is 0.387 e. The van der Waals surface area contributed by atoms with E-state index >= 15 is 0 Å². The monoisotopic (exact) mass is 314 g/mol. The summed E-state index contributed by atoms with van der Waals surface area (Å²) in [7, 11) is 1.53. The maximum atomic E-state index is 12.4. The van der Waals surface area contributed by atoms with Gasteiger partial charge in [-0.3, -0.25) is 4.79 Å². The first kappa shape index (κ1) is 16.6. The van der Waals surface area contributed by atoms with Crippen molar-refractivity contribution in [1.82, 2.24) is 10.6 Å². The summed E-state index contributed by atoms with van der Waals surface area (Å²) in [5, 5.41) is 5.99. The number of carbonyl (C=O) groups excluding carboxylic acids is 1. The average molecular weight is 314 g/mol. The second-order valence-electron chi connectivity index (χ2n) is 5.16. The summed E-state index contributed by atoms with van der Waals surface area (Å²) in [5.41, 5.74) is -0.130. The highest BCUT2D eigenvalue weighted by molar-refractivity contribution is 5.85. The summed E-state index contributed by atoms with van der Waals surface area (Å²) in [6.07, 6.45) is 1.20. The van der Waals surface area contributed by atoms with Crippen LogP contribution in [0.3, 0.4) is 0 Å². The van der Waals surface area contributed by atoms with Crippen molar-refractivity contribution in [2.75, 3.05) is 20.2 Å². The van der Waals surface area contributed by atoms with Gasteiger partial charge < -0.3 is 20.1 Å². The van der Waals surface area contributed by atoms with Gasteiger partial charge in [-0.25, -0.2) is 0 Å². The summed E-state index contributed by atoms with van der Waals surface area (Å²) in [6, 6.07) is 6.27. The first-order valence-electron chi connectivity index (χ1n) is 7.14. The molecule has 1 aromatic carbocycles. The first-order chi connectivity index (χ1) is 10.6. The third kappa shape index (κ3) is 4.14. The topological polar surface area (TPSA) is 59.6 Å². The van der Waals surface area contributed by atoms with E-state index in [1.165, 1.54) is 19.2 Å². The molecule has 0 unspecified atom stereocenters. The number of carbonyl (C=O) groups is 1. The van der Waals surface area contributed by atoms with Crippen molar-refractivity contribution < 1.29 is 23.0 Å². The Kier molecular flexibility index (Phi) is 5.68. The van der Waals surface area contributed by atoms with E-state index in [2.05, 4.69) is 15.4 Å². The molecule has 1 fully saturated rings. The number of nitrogens with one attached hydrogen (secondary N) is 2. The lowest BCUT2D eigenvalue weighted by molar-refractivity contribution is -0.146. The van der Waals surface area contributed by atoms with E-state index in [0.717, 1.165) is 13.1 Å². The van der Waals surface area contributed by atoms with Gasteiger partial charge in [0.1, 0.15) is 11.4 Å². The number of piperidine rings is 1. The molecule has 1 heterocycles. The minimum absolute atomic E-state index is 0.0741. The van der Waals surface area contributed by atoms with E-state index in [4.69, 9.17) is 4.74 Å². The van der Waals surface area contributed by atoms with Crippen LogP contribution in [0.25, 0.3) is 0 Å². The van der Waals surface area contributed by atoms with E-state index in [9.17, 15) is 13.6 Å². The molecular weight excluding hydrogens is 294 g/mol. The Hall–Kier alpha value is -1.73. The fourth-order valence-corrected chi connectivity index (χ4v) is 2.53. The fourth-order valence-electron chi connectivity index (χ4n) is 2.53. The zero-order valence-electron chi connectivity index (χ0n) is 12.4. The van der Waals surface area contributed by atoms with Crippen LogP contribution < -0.4 is 15.4 Å². The molecule has 0 radical (unpaired) electrons. The number of halogens is 2. The van der Waals surface area contributed by atoms with Crippen molar-refractivity contribution in [3.63, 3.8) is 0 Å². The largest absolute Gasteiger partial charge is 0.435 e. The molecule has 0 bridgehead atoms. The van der Waals surface area contributed by atoms with Crippen molar-refractivity contribution >= 4 is 5.91 Å². The van der Waals surface area contributed by atoms with Gasteiger partial charge in [0.25, 0.3) is 5.91 Å². The van der Waals surface area contributed by atoms with Gasteiger partial charge in [0, 0.05) is 13.7 Å². The first-order valence-corrected chi connectivity index (χ1v) is 7.14. The minimum Gasteiger partial charge on any atom is -0.435 e. The lowest BCUT2D eigenvalue weighted by Gasteiger charge is -2.34. The molecule has 1 aromatic rings. The Morgan fingerprint density at radius 3 is 2.77 bits per heavy atom. The van der Waals surface area contributed by atoms with Crippen LogP contribution in [0.1, 0.15) is 18.4 Å². The molecule has 1 saturated heterocycles. The van der Waals surface area contributed by atoms with E-state index in [1.54, 1.807) is 12.1 Å². The molecule has 5 nitrogen and oxygen atoms in total. The van der Waals surface area contributed by atoms with E-state index in [-0.39, 0.29) is 18.2 Å². The van der Waals surface area contributed by atoms with E-state index < -0.39 is 12.2 Å².